The van der Waals surface area contributed by atoms with Crippen molar-refractivity contribution in [2.45, 2.75) is 235 Å². The summed E-state index contributed by atoms with van der Waals surface area (Å²) < 4.78 is 22.7. The highest BCUT2D eigenvalue weighted by Gasteiger charge is 2.51. The fraction of sp³-hybridized carbons (Fsp3) is 0.656. The molecule has 2 aliphatic heterocycles. The zero-order valence-corrected chi connectivity index (χ0v) is 45.5. The molecule has 75 heavy (non-hydrogen) atoms. The molecule has 14 heteroatoms. The van der Waals surface area contributed by atoms with Gasteiger partial charge in [0.25, 0.3) is 0 Å². The molecule has 0 aromatic rings. The van der Waals surface area contributed by atoms with Crippen LogP contribution in [0.3, 0.4) is 0 Å². The maximum absolute atomic E-state index is 13.2. The first-order chi connectivity index (χ1) is 36.6. The van der Waals surface area contributed by atoms with Crippen LogP contribution in [0.25, 0.3) is 0 Å². The number of hydrogen-bond donors (Lipinski definition) is 9. The summed E-state index contributed by atoms with van der Waals surface area (Å²) in [4.78, 5) is 13.2. The van der Waals surface area contributed by atoms with E-state index >= 15 is 0 Å². The van der Waals surface area contributed by atoms with E-state index < -0.39 is 86.8 Å². The molecular formula is C61H99NO13. The van der Waals surface area contributed by atoms with Crippen molar-refractivity contribution in [1.82, 2.24) is 5.32 Å². The molecule has 2 saturated heterocycles. The van der Waals surface area contributed by atoms with E-state index in [0.29, 0.717) is 19.3 Å². The Bertz CT molecular complexity index is 1720. The molecule has 12 unspecified atom stereocenters. The van der Waals surface area contributed by atoms with E-state index in [1.165, 1.54) is 51.4 Å². The Kier molecular flexibility index (Phi) is 40.9. The van der Waals surface area contributed by atoms with Gasteiger partial charge in [0.2, 0.25) is 5.91 Å². The van der Waals surface area contributed by atoms with Gasteiger partial charge < -0.3 is 65.1 Å². The Morgan fingerprint density at radius 3 is 1.47 bits per heavy atom. The highest BCUT2D eigenvalue weighted by molar-refractivity contribution is 5.76. The summed E-state index contributed by atoms with van der Waals surface area (Å²) in [6.07, 6.45) is 48.1. The van der Waals surface area contributed by atoms with E-state index in [1.807, 2.05) is 12.2 Å². The first-order valence-corrected chi connectivity index (χ1v) is 28.3. The van der Waals surface area contributed by atoms with Gasteiger partial charge >= 0.3 is 0 Å². The molecule has 9 N–H and O–H groups in total. The molecule has 2 fully saturated rings. The molecular weight excluding hydrogens is 955 g/mol. The average Bonchev–Trinajstić information content (AvgIpc) is 3.41. The minimum absolute atomic E-state index is 0.182. The summed E-state index contributed by atoms with van der Waals surface area (Å²) in [5, 5.41) is 86.9. The largest absolute Gasteiger partial charge is 0.394 e. The van der Waals surface area contributed by atoms with Gasteiger partial charge in [-0.05, 0) is 96.3 Å². The van der Waals surface area contributed by atoms with E-state index in [2.05, 4.69) is 122 Å². The number of nitrogens with one attached hydrogen (secondary N) is 1. The smallest absolute Gasteiger partial charge is 0.220 e. The van der Waals surface area contributed by atoms with Gasteiger partial charge in [-0.2, -0.15) is 0 Å². The molecule has 0 spiro atoms. The van der Waals surface area contributed by atoms with Gasteiger partial charge in [-0.15, -0.1) is 0 Å². The van der Waals surface area contributed by atoms with Crippen molar-refractivity contribution in [2.75, 3.05) is 19.8 Å². The number of allylic oxidation sites excluding steroid dienone is 19. The van der Waals surface area contributed by atoms with Crippen molar-refractivity contribution in [3.05, 3.63) is 122 Å². The molecule has 2 rings (SSSR count). The highest BCUT2D eigenvalue weighted by Crippen LogP contribution is 2.30. The van der Waals surface area contributed by atoms with Crippen molar-refractivity contribution >= 4 is 5.91 Å². The van der Waals surface area contributed by atoms with Crippen molar-refractivity contribution in [3.63, 3.8) is 0 Å². The number of aliphatic hydroxyl groups is 8. The fourth-order valence-electron chi connectivity index (χ4n) is 8.31. The molecule has 0 aliphatic carbocycles. The van der Waals surface area contributed by atoms with E-state index in [-0.39, 0.29) is 18.9 Å². The monoisotopic (exact) mass is 1050 g/mol. The summed E-state index contributed by atoms with van der Waals surface area (Å²) >= 11 is 0. The van der Waals surface area contributed by atoms with Crippen LogP contribution in [0.5, 0.6) is 0 Å². The lowest BCUT2D eigenvalue weighted by molar-refractivity contribution is -0.359. The maximum atomic E-state index is 13.2. The van der Waals surface area contributed by atoms with Crippen molar-refractivity contribution in [1.29, 1.82) is 0 Å². The lowest BCUT2D eigenvalue weighted by atomic mass is 9.97. The number of unbranched alkanes of at least 4 members (excludes halogenated alkanes) is 11. The Morgan fingerprint density at radius 2 is 0.933 bits per heavy atom. The van der Waals surface area contributed by atoms with Crippen molar-refractivity contribution in [2.24, 2.45) is 0 Å². The molecule has 426 valence electrons. The quantitative estimate of drug-likeness (QED) is 0.0206. The first-order valence-electron chi connectivity index (χ1n) is 28.3. The second-order valence-corrected chi connectivity index (χ2v) is 19.3. The lowest BCUT2D eigenvalue weighted by Crippen LogP contribution is -2.65. The van der Waals surface area contributed by atoms with Crippen LogP contribution in [-0.2, 0) is 23.7 Å². The number of carbonyl (C=O) groups is 1. The molecule has 0 radical (unpaired) electrons. The predicted molar refractivity (Wildman–Crippen MR) is 299 cm³/mol. The lowest BCUT2D eigenvalue weighted by Gasteiger charge is -2.46. The minimum atomic E-state index is -1.80. The van der Waals surface area contributed by atoms with Crippen LogP contribution >= 0.6 is 0 Å². The molecule has 12 atom stereocenters. The Labute approximate surface area is 450 Å². The second-order valence-electron chi connectivity index (χ2n) is 19.3. The van der Waals surface area contributed by atoms with Crippen LogP contribution in [0, 0.1) is 0 Å². The van der Waals surface area contributed by atoms with E-state index in [1.54, 1.807) is 6.08 Å². The van der Waals surface area contributed by atoms with E-state index in [4.69, 9.17) is 18.9 Å². The standard InChI is InChI=1S/C61H99NO13/c1-3-5-7-9-11-13-15-17-19-21-23-24-25-26-27-29-31-33-35-37-39-41-43-45-53(66)62-49(50(65)44-42-40-38-36-34-32-30-28-22-20-18-16-14-12-10-8-6-4-2)48-72-60-58(71)56(69)59(52(47-64)74-60)75-61-57(70)55(68)54(67)51(46-63)73-61/h5,7,11,13,17,19,22-24,26-28,31,33-34,36-37,39,42,44,49-52,54-61,63-65,67-71H,3-4,6,8-10,12,14-16,18,20-21,25,29-30,32,35,38,40-41,43,45-48H2,1-2H3,(H,62,66)/b7-5-,13-11-,19-17-,24-23-,27-26-,28-22+,33-31-,36-34+,39-37-,44-42+. The molecule has 2 heterocycles. The second kappa shape index (κ2) is 45.4. The predicted octanol–water partition coefficient (Wildman–Crippen LogP) is 9.05. The highest BCUT2D eigenvalue weighted by atomic mass is 16.7. The van der Waals surface area contributed by atoms with Gasteiger partial charge in [-0.3, -0.25) is 4.79 Å². The fourth-order valence-corrected chi connectivity index (χ4v) is 8.31. The number of amides is 1. The van der Waals surface area contributed by atoms with Gasteiger partial charge in [-0.25, -0.2) is 0 Å². The van der Waals surface area contributed by atoms with Gasteiger partial charge in [-0.1, -0.05) is 180 Å². The van der Waals surface area contributed by atoms with Gasteiger partial charge in [0, 0.05) is 6.42 Å². The Hall–Kier alpha value is -3.61. The van der Waals surface area contributed by atoms with Crippen LogP contribution in [0.2, 0.25) is 0 Å². The van der Waals surface area contributed by atoms with Crippen LogP contribution in [0.4, 0.5) is 0 Å². The zero-order chi connectivity index (χ0) is 54.6. The van der Waals surface area contributed by atoms with Crippen LogP contribution < -0.4 is 5.32 Å². The number of hydrogen-bond acceptors (Lipinski definition) is 13. The normalized spacial score (nSPS) is 26.0. The number of carbonyl (C=O) groups excluding carboxylic acids is 1. The summed E-state index contributed by atoms with van der Waals surface area (Å²) in [6.45, 7) is 2.59. The van der Waals surface area contributed by atoms with Crippen LogP contribution in [-0.4, -0.2) is 140 Å². The summed E-state index contributed by atoms with van der Waals surface area (Å²) in [5.41, 5.74) is 0. The number of ether oxygens (including phenoxy) is 4. The minimum Gasteiger partial charge on any atom is -0.394 e. The van der Waals surface area contributed by atoms with Crippen molar-refractivity contribution in [3.8, 4) is 0 Å². The summed E-state index contributed by atoms with van der Waals surface area (Å²) in [7, 11) is 0. The SMILES string of the molecule is CC/C=C\C/C=C\C/C=C\C/C=C\C/C=C\C/C=C\C/C=C\CCCC(=O)NC(COC1OC(CO)C(OC2OC(CO)C(O)C(O)C2O)C(O)C1O)C(O)/C=C/CC/C=C/CC/C=C/CCCCCCCCCC. The average molecular weight is 1050 g/mol. The third kappa shape index (κ3) is 31.4. The van der Waals surface area contributed by atoms with Gasteiger partial charge in [0.05, 0.1) is 32.0 Å². The van der Waals surface area contributed by atoms with Gasteiger partial charge in [0.15, 0.2) is 12.6 Å². The Morgan fingerprint density at radius 1 is 0.493 bits per heavy atom. The molecule has 0 aromatic heterocycles. The molecule has 14 nitrogen and oxygen atoms in total. The van der Waals surface area contributed by atoms with E-state index in [9.17, 15) is 45.6 Å². The zero-order valence-electron chi connectivity index (χ0n) is 45.5. The van der Waals surface area contributed by atoms with Gasteiger partial charge in [0.1, 0.15) is 48.8 Å². The molecule has 0 saturated carbocycles. The topological polar surface area (TPSA) is 228 Å². The van der Waals surface area contributed by atoms with E-state index in [0.717, 1.165) is 70.6 Å². The number of rotatable bonds is 42. The molecule has 1 amide bonds. The maximum Gasteiger partial charge on any atom is 0.220 e. The third-order valence-electron chi connectivity index (χ3n) is 12.9. The molecule has 2 aliphatic rings. The summed E-state index contributed by atoms with van der Waals surface area (Å²) in [5.74, 6) is -0.317. The first kappa shape index (κ1) is 67.5. The van der Waals surface area contributed by atoms with Crippen LogP contribution in [0.15, 0.2) is 122 Å². The third-order valence-corrected chi connectivity index (χ3v) is 12.9. The summed E-state index contributed by atoms with van der Waals surface area (Å²) in [6, 6.07) is -0.978. The van der Waals surface area contributed by atoms with Crippen LogP contribution in [0.1, 0.15) is 162 Å². The molecule has 0 aromatic carbocycles. The molecule has 0 bridgehead atoms. The number of aliphatic hydroxyl groups excluding tert-OH is 8. The van der Waals surface area contributed by atoms with Crippen molar-refractivity contribution < 1.29 is 64.6 Å². The Balaban J connectivity index is 1.86.